The molecule has 0 radical (unpaired) electrons. The number of unbranched alkanes of at least 4 members (excludes halogenated alkanes) is 2. The number of amides is 1. The molecule has 0 aliphatic carbocycles. The molecule has 206 valence electrons. The third-order valence-corrected chi connectivity index (χ3v) is 4.34. The highest BCUT2D eigenvalue weighted by molar-refractivity contribution is 5.94. The van der Waals surface area contributed by atoms with Crippen LogP contribution in [-0.2, 0) is 19.1 Å². The second-order valence-electron chi connectivity index (χ2n) is 7.58. The predicted molar refractivity (Wildman–Crippen MR) is 140 cm³/mol. The van der Waals surface area contributed by atoms with Gasteiger partial charge in [0, 0.05) is 25.6 Å². The molecular weight excluding hydrogens is 480 g/mol. The number of hydrogen-bond donors (Lipinski definition) is 1. The third-order valence-electron chi connectivity index (χ3n) is 4.34. The number of ether oxygens (including phenoxy) is 5. The molecule has 2 aromatic rings. The Labute approximate surface area is 219 Å². The summed E-state index contributed by atoms with van der Waals surface area (Å²) in [5, 5.41) is 0. The van der Waals surface area contributed by atoms with Crippen molar-refractivity contribution in [2.75, 3.05) is 20.5 Å². The molecular formula is C27H40N2O8. The van der Waals surface area contributed by atoms with E-state index in [0.717, 1.165) is 5.75 Å². The lowest BCUT2D eigenvalue weighted by Gasteiger charge is -2.14. The van der Waals surface area contributed by atoms with E-state index in [1.54, 1.807) is 6.92 Å². The van der Waals surface area contributed by atoms with E-state index in [1.807, 2.05) is 37.3 Å². The number of hydrogen-bond acceptors (Lipinski definition) is 9. The summed E-state index contributed by atoms with van der Waals surface area (Å²) in [5.74, 6) is -0.351. The molecule has 37 heavy (non-hydrogen) atoms. The fraction of sp³-hybridized carbons (Fsp3) is 0.481. The second-order valence-corrected chi connectivity index (χ2v) is 7.58. The largest absolute Gasteiger partial charge is 0.493 e. The van der Waals surface area contributed by atoms with Crippen LogP contribution in [0.3, 0.4) is 0 Å². The molecule has 1 aromatic heterocycles. The maximum absolute atomic E-state index is 11.1. The van der Waals surface area contributed by atoms with Gasteiger partial charge < -0.3 is 29.4 Å². The van der Waals surface area contributed by atoms with E-state index in [-0.39, 0.29) is 36.1 Å². The normalized spacial score (nSPS) is 10.3. The number of carbonyl (C=O) groups is 3. The number of rotatable bonds is 12. The Hall–Kier alpha value is -3.82. The molecule has 10 heteroatoms. The van der Waals surface area contributed by atoms with Crippen molar-refractivity contribution in [1.29, 1.82) is 0 Å². The van der Waals surface area contributed by atoms with E-state index >= 15 is 0 Å². The molecule has 1 aromatic carbocycles. The van der Waals surface area contributed by atoms with E-state index in [0.29, 0.717) is 13.0 Å². The van der Waals surface area contributed by atoms with Crippen molar-refractivity contribution >= 4 is 17.8 Å². The SMILES string of the molecule is CCC(=O)OCC(C)Oc1ccccc1.CCCCC.COc1ccnc(C(N)=O)c1OCOC(C)=O. The number of para-hydroxylation sites is 1. The number of primary amides is 1. The highest BCUT2D eigenvalue weighted by Gasteiger charge is 2.16. The molecule has 1 heterocycles. The topological polar surface area (TPSA) is 136 Å². The molecule has 0 saturated carbocycles. The van der Waals surface area contributed by atoms with Crippen LogP contribution in [0.2, 0.25) is 0 Å². The minimum absolute atomic E-state index is 0.0451. The van der Waals surface area contributed by atoms with Crippen molar-refractivity contribution in [3.63, 3.8) is 0 Å². The fourth-order valence-electron chi connectivity index (χ4n) is 2.51. The van der Waals surface area contributed by atoms with Crippen molar-refractivity contribution in [2.45, 2.75) is 66.4 Å². The minimum atomic E-state index is -0.762. The molecule has 0 aliphatic heterocycles. The van der Waals surface area contributed by atoms with E-state index in [4.69, 9.17) is 24.7 Å². The number of pyridine rings is 1. The smallest absolute Gasteiger partial charge is 0.305 e. The summed E-state index contributed by atoms with van der Waals surface area (Å²) in [4.78, 5) is 36.3. The molecule has 1 unspecified atom stereocenters. The predicted octanol–water partition coefficient (Wildman–Crippen LogP) is 4.69. The van der Waals surface area contributed by atoms with Gasteiger partial charge in [-0.1, -0.05) is 58.2 Å². The van der Waals surface area contributed by atoms with Crippen LogP contribution in [0.25, 0.3) is 0 Å². The van der Waals surface area contributed by atoms with Crippen LogP contribution in [0.5, 0.6) is 17.2 Å². The monoisotopic (exact) mass is 520 g/mol. The third kappa shape index (κ3) is 15.7. The molecule has 0 saturated heterocycles. The van der Waals surface area contributed by atoms with E-state index < -0.39 is 11.9 Å². The van der Waals surface area contributed by atoms with Gasteiger partial charge in [0.1, 0.15) is 18.5 Å². The first kappa shape index (κ1) is 33.2. The Kier molecular flexibility index (Phi) is 18.3. The highest BCUT2D eigenvalue weighted by atomic mass is 16.7. The number of benzene rings is 1. The summed E-state index contributed by atoms with van der Waals surface area (Å²) in [6, 6.07) is 11.0. The molecule has 1 amide bonds. The zero-order chi connectivity index (χ0) is 28.1. The maximum atomic E-state index is 11.1. The van der Waals surface area contributed by atoms with Gasteiger partial charge in [0.25, 0.3) is 5.91 Å². The minimum Gasteiger partial charge on any atom is -0.493 e. The summed E-state index contributed by atoms with van der Waals surface area (Å²) in [5.41, 5.74) is 5.04. The summed E-state index contributed by atoms with van der Waals surface area (Å²) in [6.45, 7) is 9.24. The van der Waals surface area contributed by atoms with Gasteiger partial charge in [-0.2, -0.15) is 0 Å². The first-order valence-corrected chi connectivity index (χ1v) is 12.2. The van der Waals surface area contributed by atoms with Crippen molar-refractivity contribution in [1.82, 2.24) is 4.98 Å². The molecule has 0 aliphatic rings. The Bertz CT molecular complexity index is 920. The van der Waals surface area contributed by atoms with Crippen LogP contribution >= 0.6 is 0 Å². The van der Waals surface area contributed by atoms with Gasteiger partial charge in [0.15, 0.2) is 17.2 Å². The number of carbonyl (C=O) groups excluding carboxylic acids is 3. The quantitative estimate of drug-likeness (QED) is 0.312. The van der Waals surface area contributed by atoms with E-state index in [1.165, 1.54) is 45.6 Å². The zero-order valence-electron chi connectivity index (χ0n) is 22.7. The molecule has 0 spiro atoms. The average Bonchev–Trinajstić information content (AvgIpc) is 2.88. The Morgan fingerprint density at radius 1 is 1.00 bits per heavy atom. The number of nitrogens with zero attached hydrogens (tertiary/aromatic N) is 1. The summed E-state index contributed by atoms with van der Waals surface area (Å²) in [7, 11) is 1.40. The van der Waals surface area contributed by atoms with Crippen LogP contribution < -0.4 is 19.9 Å². The number of nitrogens with two attached hydrogens (primary N) is 1. The summed E-state index contributed by atoms with van der Waals surface area (Å²) >= 11 is 0. The molecule has 0 bridgehead atoms. The molecule has 1 atom stereocenters. The van der Waals surface area contributed by atoms with Gasteiger partial charge >= 0.3 is 11.9 Å². The summed E-state index contributed by atoms with van der Waals surface area (Å²) < 4.78 is 25.2. The average molecular weight is 521 g/mol. The fourth-order valence-corrected chi connectivity index (χ4v) is 2.51. The van der Waals surface area contributed by atoms with Gasteiger partial charge in [-0.3, -0.25) is 14.4 Å². The van der Waals surface area contributed by atoms with E-state index in [9.17, 15) is 14.4 Å². The second kappa shape index (κ2) is 20.4. The molecule has 2 rings (SSSR count). The standard InChI is InChI=1S/C12H16O3.C10H12N2O5.C5H12/c1-3-12(13)14-9-10(2)15-11-7-5-4-6-8-11;1-6(13)16-5-17-9-7(15-2)3-4-12-8(9)10(11)14;1-3-5-4-2/h4-8,10H,3,9H2,1-2H3;3-4H,5H2,1-2H3,(H2,11,14);3-5H2,1-2H3. The van der Waals surface area contributed by atoms with E-state index in [2.05, 4.69) is 23.6 Å². The zero-order valence-corrected chi connectivity index (χ0v) is 22.7. The van der Waals surface area contributed by atoms with Crippen molar-refractivity contribution in [2.24, 2.45) is 5.73 Å². The first-order chi connectivity index (χ1) is 17.7. The number of methoxy groups -OCH3 is 1. The highest BCUT2D eigenvalue weighted by Crippen LogP contribution is 2.29. The van der Waals surface area contributed by atoms with Gasteiger partial charge in [-0.15, -0.1) is 0 Å². The Balaban J connectivity index is 0.000000596. The van der Waals surface area contributed by atoms with Gasteiger partial charge in [-0.25, -0.2) is 4.98 Å². The van der Waals surface area contributed by atoms with Crippen LogP contribution in [0.1, 0.15) is 70.8 Å². The Morgan fingerprint density at radius 3 is 2.14 bits per heavy atom. The van der Waals surface area contributed by atoms with Gasteiger partial charge in [-0.05, 0) is 19.1 Å². The lowest BCUT2D eigenvalue weighted by molar-refractivity contribution is -0.147. The first-order valence-electron chi connectivity index (χ1n) is 12.2. The maximum Gasteiger partial charge on any atom is 0.305 e. The molecule has 10 nitrogen and oxygen atoms in total. The van der Waals surface area contributed by atoms with Crippen molar-refractivity contribution in [3.8, 4) is 17.2 Å². The lowest BCUT2D eigenvalue weighted by Crippen LogP contribution is -2.21. The van der Waals surface area contributed by atoms with Crippen LogP contribution in [0, 0.1) is 0 Å². The molecule has 0 fully saturated rings. The van der Waals surface area contributed by atoms with Crippen LogP contribution in [0.15, 0.2) is 42.6 Å². The molecule has 2 N–H and O–H groups in total. The van der Waals surface area contributed by atoms with Crippen molar-refractivity contribution in [3.05, 3.63) is 48.3 Å². The van der Waals surface area contributed by atoms with Gasteiger partial charge in [0.2, 0.25) is 6.79 Å². The van der Waals surface area contributed by atoms with Crippen LogP contribution in [0.4, 0.5) is 0 Å². The summed E-state index contributed by atoms with van der Waals surface area (Å²) in [6.07, 6.45) is 5.71. The van der Waals surface area contributed by atoms with Crippen molar-refractivity contribution < 1.29 is 38.1 Å². The Morgan fingerprint density at radius 2 is 1.65 bits per heavy atom. The van der Waals surface area contributed by atoms with Gasteiger partial charge in [0.05, 0.1) is 7.11 Å². The van der Waals surface area contributed by atoms with Crippen LogP contribution in [-0.4, -0.2) is 49.4 Å². The lowest BCUT2D eigenvalue weighted by atomic mass is 10.3. The number of esters is 2. The number of aromatic nitrogens is 1.